The zero-order chi connectivity index (χ0) is 11.0. The number of rotatable bonds is 7. The summed E-state index contributed by atoms with van der Waals surface area (Å²) < 4.78 is 10.7. The molecule has 4 heteroatoms. The maximum atomic E-state index is 5.36. The van der Waals surface area contributed by atoms with E-state index in [9.17, 15) is 0 Å². The maximum Gasteiger partial charge on any atom is 0.0591 e. The van der Waals surface area contributed by atoms with Crippen molar-refractivity contribution in [3.63, 3.8) is 0 Å². The highest BCUT2D eigenvalue weighted by molar-refractivity contribution is 4.79. The van der Waals surface area contributed by atoms with E-state index < -0.39 is 0 Å². The quantitative estimate of drug-likeness (QED) is 0.604. The van der Waals surface area contributed by atoms with Crippen molar-refractivity contribution in [2.45, 2.75) is 19.8 Å². The minimum Gasteiger partial charge on any atom is -0.381 e. The van der Waals surface area contributed by atoms with E-state index in [1.807, 2.05) is 0 Å². The number of ether oxygens (including phenoxy) is 2. The fraction of sp³-hybridized carbons (Fsp3) is 1.00. The van der Waals surface area contributed by atoms with Crippen LogP contribution in [0.25, 0.3) is 0 Å². The molecule has 0 aromatic heterocycles. The van der Waals surface area contributed by atoms with Crippen LogP contribution in [-0.2, 0) is 9.47 Å². The van der Waals surface area contributed by atoms with E-state index in [0.717, 1.165) is 45.8 Å². The van der Waals surface area contributed by atoms with E-state index >= 15 is 0 Å². The predicted molar refractivity (Wildman–Crippen MR) is 60.9 cm³/mol. The SMILES string of the molecule is CC1(CNCCOCCN)CCOCC1. The Bertz CT molecular complexity index is 159. The Morgan fingerprint density at radius 2 is 2.07 bits per heavy atom. The monoisotopic (exact) mass is 216 g/mol. The van der Waals surface area contributed by atoms with Crippen LogP contribution in [-0.4, -0.2) is 46.1 Å². The van der Waals surface area contributed by atoms with Crippen LogP contribution in [0.3, 0.4) is 0 Å². The molecule has 0 aromatic carbocycles. The van der Waals surface area contributed by atoms with Gasteiger partial charge >= 0.3 is 0 Å². The van der Waals surface area contributed by atoms with Crippen molar-refractivity contribution in [3.8, 4) is 0 Å². The van der Waals surface area contributed by atoms with E-state index in [1.54, 1.807) is 0 Å². The lowest BCUT2D eigenvalue weighted by Gasteiger charge is -2.33. The van der Waals surface area contributed by atoms with Crippen molar-refractivity contribution in [2.75, 3.05) is 46.1 Å². The van der Waals surface area contributed by atoms with Crippen LogP contribution in [0.2, 0.25) is 0 Å². The van der Waals surface area contributed by atoms with Crippen LogP contribution >= 0.6 is 0 Å². The predicted octanol–water partition coefficient (Wildman–Crippen LogP) is 0.368. The van der Waals surface area contributed by atoms with Crippen LogP contribution < -0.4 is 11.1 Å². The Morgan fingerprint density at radius 3 is 2.73 bits per heavy atom. The van der Waals surface area contributed by atoms with Gasteiger partial charge in [-0.15, -0.1) is 0 Å². The first-order valence-corrected chi connectivity index (χ1v) is 5.83. The first-order chi connectivity index (χ1) is 7.27. The Kier molecular flexibility index (Phi) is 6.17. The summed E-state index contributed by atoms with van der Waals surface area (Å²) in [6, 6.07) is 0. The number of hydrogen-bond donors (Lipinski definition) is 2. The molecule has 0 unspecified atom stereocenters. The Labute approximate surface area is 92.5 Å². The third-order valence-corrected chi connectivity index (χ3v) is 2.94. The molecule has 15 heavy (non-hydrogen) atoms. The van der Waals surface area contributed by atoms with Crippen LogP contribution in [0.1, 0.15) is 19.8 Å². The summed E-state index contributed by atoms with van der Waals surface area (Å²) in [6.45, 7) is 8.12. The Morgan fingerprint density at radius 1 is 1.33 bits per heavy atom. The third-order valence-electron chi connectivity index (χ3n) is 2.94. The zero-order valence-electron chi connectivity index (χ0n) is 9.76. The molecule has 1 heterocycles. The van der Waals surface area contributed by atoms with E-state index in [4.69, 9.17) is 15.2 Å². The van der Waals surface area contributed by atoms with E-state index in [0.29, 0.717) is 18.6 Å². The Hall–Kier alpha value is -0.160. The number of nitrogens with one attached hydrogen (secondary N) is 1. The van der Waals surface area contributed by atoms with Gasteiger partial charge in [0.05, 0.1) is 13.2 Å². The number of hydrogen-bond acceptors (Lipinski definition) is 4. The molecule has 1 fully saturated rings. The number of nitrogens with two attached hydrogens (primary N) is 1. The molecule has 90 valence electrons. The normalized spacial score (nSPS) is 20.4. The van der Waals surface area contributed by atoms with E-state index in [2.05, 4.69) is 12.2 Å². The molecule has 0 atom stereocenters. The zero-order valence-corrected chi connectivity index (χ0v) is 9.76. The first kappa shape index (κ1) is 12.9. The van der Waals surface area contributed by atoms with E-state index in [-0.39, 0.29) is 0 Å². The molecule has 0 saturated carbocycles. The highest BCUT2D eigenvalue weighted by Crippen LogP contribution is 2.28. The molecule has 0 amide bonds. The minimum atomic E-state index is 0.409. The molecular weight excluding hydrogens is 192 g/mol. The third kappa shape index (κ3) is 5.47. The molecule has 1 rings (SSSR count). The fourth-order valence-corrected chi connectivity index (χ4v) is 1.76. The molecule has 1 saturated heterocycles. The Balaban J connectivity index is 1.98. The first-order valence-electron chi connectivity index (χ1n) is 5.83. The van der Waals surface area contributed by atoms with Crippen molar-refractivity contribution in [3.05, 3.63) is 0 Å². The van der Waals surface area contributed by atoms with Gasteiger partial charge in [0, 0.05) is 32.8 Å². The molecule has 0 radical (unpaired) electrons. The van der Waals surface area contributed by atoms with Crippen molar-refractivity contribution >= 4 is 0 Å². The van der Waals surface area contributed by atoms with E-state index in [1.165, 1.54) is 0 Å². The van der Waals surface area contributed by atoms with Gasteiger partial charge < -0.3 is 20.5 Å². The smallest absolute Gasteiger partial charge is 0.0591 e. The van der Waals surface area contributed by atoms with Crippen molar-refractivity contribution in [1.82, 2.24) is 5.32 Å². The molecule has 1 aliphatic rings. The summed E-state index contributed by atoms with van der Waals surface area (Å²) in [5.74, 6) is 0. The van der Waals surface area contributed by atoms with Crippen LogP contribution in [0, 0.1) is 5.41 Å². The largest absolute Gasteiger partial charge is 0.381 e. The highest BCUT2D eigenvalue weighted by atomic mass is 16.5. The molecule has 0 bridgehead atoms. The summed E-state index contributed by atoms with van der Waals surface area (Å²) in [6.07, 6.45) is 2.31. The second-order valence-electron chi connectivity index (χ2n) is 4.50. The van der Waals surface area contributed by atoms with Gasteiger partial charge in [-0.3, -0.25) is 0 Å². The van der Waals surface area contributed by atoms with Crippen LogP contribution in [0.15, 0.2) is 0 Å². The van der Waals surface area contributed by atoms with Gasteiger partial charge in [0.25, 0.3) is 0 Å². The standard InChI is InChI=1S/C11H24N2O2/c1-11(2-6-14-7-3-11)10-13-5-9-15-8-4-12/h13H,2-10,12H2,1H3. The summed E-state index contributed by atoms with van der Waals surface area (Å²) in [4.78, 5) is 0. The molecule has 0 spiro atoms. The van der Waals surface area contributed by atoms with Crippen LogP contribution in [0.4, 0.5) is 0 Å². The fourth-order valence-electron chi connectivity index (χ4n) is 1.76. The lowest BCUT2D eigenvalue weighted by molar-refractivity contribution is 0.0232. The molecule has 4 nitrogen and oxygen atoms in total. The maximum absolute atomic E-state index is 5.36. The highest BCUT2D eigenvalue weighted by Gasteiger charge is 2.26. The van der Waals surface area contributed by atoms with Crippen molar-refractivity contribution < 1.29 is 9.47 Å². The van der Waals surface area contributed by atoms with Gasteiger partial charge in [0.15, 0.2) is 0 Å². The van der Waals surface area contributed by atoms with Gasteiger partial charge in [-0.25, -0.2) is 0 Å². The van der Waals surface area contributed by atoms with Crippen molar-refractivity contribution in [2.24, 2.45) is 11.1 Å². The second kappa shape index (κ2) is 7.17. The van der Waals surface area contributed by atoms with Gasteiger partial charge in [-0.1, -0.05) is 6.92 Å². The molecule has 1 aliphatic heterocycles. The van der Waals surface area contributed by atoms with Gasteiger partial charge in [-0.05, 0) is 18.3 Å². The lowest BCUT2D eigenvalue weighted by Crippen LogP contribution is -2.38. The summed E-state index contributed by atoms with van der Waals surface area (Å²) in [7, 11) is 0. The van der Waals surface area contributed by atoms with Gasteiger partial charge in [0.2, 0.25) is 0 Å². The van der Waals surface area contributed by atoms with Gasteiger partial charge in [-0.2, -0.15) is 0 Å². The molecule has 0 aromatic rings. The summed E-state index contributed by atoms with van der Waals surface area (Å²) in [5, 5.41) is 3.43. The molecule has 3 N–H and O–H groups in total. The molecular formula is C11H24N2O2. The lowest BCUT2D eigenvalue weighted by atomic mass is 9.82. The van der Waals surface area contributed by atoms with Gasteiger partial charge in [0.1, 0.15) is 0 Å². The topological polar surface area (TPSA) is 56.5 Å². The average molecular weight is 216 g/mol. The average Bonchev–Trinajstić information content (AvgIpc) is 2.24. The second-order valence-corrected chi connectivity index (χ2v) is 4.50. The van der Waals surface area contributed by atoms with Crippen molar-refractivity contribution in [1.29, 1.82) is 0 Å². The minimum absolute atomic E-state index is 0.409. The summed E-state index contributed by atoms with van der Waals surface area (Å²) in [5.41, 5.74) is 5.73. The van der Waals surface area contributed by atoms with Crippen LogP contribution in [0.5, 0.6) is 0 Å². The molecule has 0 aliphatic carbocycles. The summed E-state index contributed by atoms with van der Waals surface area (Å²) >= 11 is 0.